The molecular weight excluding hydrogens is 110 g/mol. The summed E-state index contributed by atoms with van der Waals surface area (Å²) < 4.78 is 0. The lowest BCUT2D eigenvalue weighted by molar-refractivity contribution is 0.709. The Hall–Kier alpha value is 0.230. The van der Waals surface area contributed by atoms with Gasteiger partial charge in [-0.2, -0.15) is 0 Å². The van der Waals surface area contributed by atoms with Crippen LogP contribution in [-0.2, 0) is 0 Å². The van der Waals surface area contributed by atoms with E-state index in [-0.39, 0.29) is 5.50 Å². The van der Waals surface area contributed by atoms with E-state index in [1.54, 1.807) is 11.8 Å². The second kappa shape index (κ2) is 4.39. The van der Waals surface area contributed by atoms with E-state index in [1.165, 1.54) is 0 Å². The molecule has 0 saturated heterocycles. The minimum Gasteiger partial charge on any atom is -0.306 e. The Kier molecular flexibility index (Phi) is 4.53. The lowest BCUT2D eigenvalue weighted by atomic mass is 11.0. The fraction of sp³-hybridized carbons (Fsp3) is 1.00. The van der Waals surface area contributed by atoms with Crippen molar-refractivity contribution in [3.63, 3.8) is 0 Å². The van der Waals surface area contributed by atoms with Gasteiger partial charge in [-0.15, -0.1) is 11.8 Å². The molecule has 0 bridgehead atoms. The zero-order chi connectivity index (χ0) is 5.70. The Morgan fingerprint density at radius 3 is 2.57 bits per heavy atom. The number of nitrogens with one attached hydrogen (secondary N) is 1. The van der Waals surface area contributed by atoms with Gasteiger partial charge in [-0.3, -0.25) is 5.84 Å². The van der Waals surface area contributed by atoms with Crippen molar-refractivity contribution < 1.29 is 0 Å². The molecule has 1 atom stereocenters. The van der Waals surface area contributed by atoms with Crippen molar-refractivity contribution in [1.82, 2.24) is 5.43 Å². The molecule has 0 fully saturated rings. The Morgan fingerprint density at radius 1 is 1.86 bits per heavy atom. The normalized spacial score (nSPS) is 14.1. The van der Waals surface area contributed by atoms with E-state index in [4.69, 9.17) is 11.6 Å². The highest BCUT2D eigenvalue weighted by molar-refractivity contribution is 7.99. The summed E-state index contributed by atoms with van der Waals surface area (Å²) in [4.78, 5) is 0. The number of rotatable bonds is 3. The maximum absolute atomic E-state index is 5.31. The van der Waals surface area contributed by atoms with Crippen LogP contribution in [0.4, 0.5) is 0 Å². The third-order valence-corrected chi connectivity index (χ3v) is 1.34. The summed E-state index contributed by atoms with van der Waals surface area (Å²) in [6, 6.07) is 0. The highest BCUT2D eigenvalue weighted by atomic mass is 32.2. The summed E-state index contributed by atoms with van der Waals surface area (Å²) in [5, 5.41) is 0. The molecule has 1 unspecified atom stereocenters. The van der Waals surface area contributed by atoms with Crippen molar-refractivity contribution in [2.45, 2.75) is 12.4 Å². The van der Waals surface area contributed by atoms with Crippen molar-refractivity contribution in [1.29, 1.82) is 0 Å². The molecule has 0 aromatic heterocycles. The Balaban J connectivity index is 2.83. The van der Waals surface area contributed by atoms with Crippen LogP contribution < -0.4 is 17.0 Å². The van der Waals surface area contributed by atoms with E-state index in [1.807, 2.05) is 6.92 Å². The molecule has 0 saturated carbocycles. The Morgan fingerprint density at radius 2 is 2.43 bits per heavy atom. The summed E-state index contributed by atoms with van der Waals surface area (Å²) >= 11 is 1.57. The van der Waals surface area contributed by atoms with Gasteiger partial charge >= 0.3 is 0 Å². The van der Waals surface area contributed by atoms with Crippen LogP contribution in [0.1, 0.15) is 6.92 Å². The van der Waals surface area contributed by atoms with Crippen molar-refractivity contribution >= 4 is 11.8 Å². The zero-order valence-corrected chi connectivity index (χ0v) is 5.16. The van der Waals surface area contributed by atoms with Gasteiger partial charge in [-0.1, -0.05) is 6.92 Å². The minimum atomic E-state index is -0.106. The van der Waals surface area contributed by atoms with Crippen LogP contribution in [0.15, 0.2) is 0 Å². The lowest BCUT2D eigenvalue weighted by Gasteiger charge is -2.05. The van der Waals surface area contributed by atoms with Gasteiger partial charge in [-0.25, -0.2) is 5.43 Å². The van der Waals surface area contributed by atoms with E-state index < -0.39 is 0 Å². The zero-order valence-electron chi connectivity index (χ0n) is 4.35. The second-order valence-electron chi connectivity index (χ2n) is 1.04. The topological polar surface area (TPSA) is 64.1 Å². The van der Waals surface area contributed by atoms with Crippen LogP contribution in [0.5, 0.6) is 0 Å². The van der Waals surface area contributed by atoms with Gasteiger partial charge in [0.25, 0.3) is 0 Å². The first-order valence-corrected chi connectivity index (χ1v) is 3.19. The third-order valence-electron chi connectivity index (χ3n) is 0.510. The smallest absolute Gasteiger partial charge is 0.115 e. The molecule has 0 aromatic carbocycles. The van der Waals surface area contributed by atoms with Crippen LogP contribution >= 0.6 is 11.8 Å². The van der Waals surface area contributed by atoms with E-state index in [2.05, 4.69) is 5.43 Å². The molecule has 0 aromatic rings. The minimum absolute atomic E-state index is 0.106. The molecule has 0 amide bonds. The summed E-state index contributed by atoms with van der Waals surface area (Å²) in [6.45, 7) is 2.03. The summed E-state index contributed by atoms with van der Waals surface area (Å²) in [6.07, 6.45) is 0. The van der Waals surface area contributed by atoms with Crippen LogP contribution in [0, 0.1) is 0 Å². The van der Waals surface area contributed by atoms with Gasteiger partial charge in [0.1, 0.15) is 5.50 Å². The van der Waals surface area contributed by atoms with Gasteiger partial charge in [0.2, 0.25) is 0 Å². The Bertz CT molecular complexity index is 41.2. The SMILES string of the molecule is CCSC(N)NN. The molecule has 3 nitrogen and oxygen atoms in total. The van der Waals surface area contributed by atoms with Crippen molar-refractivity contribution in [3.05, 3.63) is 0 Å². The quantitative estimate of drug-likeness (QED) is 0.266. The average Bonchev–Trinajstić information content (AvgIpc) is 1.68. The van der Waals surface area contributed by atoms with Gasteiger partial charge < -0.3 is 5.73 Å². The van der Waals surface area contributed by atoms with E-state index >= 15 is 0 Å². The van der Waals surface area contributed by atoms with Crippen molar-refractivity contribution in [3.8, 4) is 0 Å². The maximum atomic E-state index is 5.31. The molecule has 4 heteroatoms. The fourth-order valence-corrected chi connectivity index (χ4v) is 0.683. The molecule has 0 aliphatic carbocycles. The highest BCUT2D eigenvalue weighted by Gasteiger charge is 1.91. The van der Waals surface area contributed by atoms with Gasteiger partial charge in [0, 0.05) is 0 Å². The van der Waals surface area contributed by atoms with E-state index in [0.29, 0.717) is 0 Å². The van der Waals surface area contributed by atoms with Crippen molar-refractivity contribution in [2.24, 2.45) is 11.6 Å². The largest absolute Gasteiger partial charge is 0.306 e. The summed E-state index contributed by atoms with van der Waals surface area (Å²) in [5.74, 6) is 5.95. The molecular formula is C3H11N3S. The number of hydrogen-bond donors (Lipinski definition) is 3. The van der Waals surface area contributed by atoms with Gasteiger partial charge in [0.05, 0.1) is 0 Å². The molecule has 0 aliphatic rings. The average molecular weight is 121 g/mol. The molecule has 0 spiro atoms. The maximum Gasteiger partial charge on any atom is 0.115 e. The molecule has 0 rings (SSSR count). The highest BCUT2D eigenvalue weighted by Crippen LogP contribution is 1.97. The summed E-state index contributed by atoms with van der Waals surface area (Å²) in [5.41, 5.74) is 7.61. The first-order chi connectivity index (χ1) is 3.31. The van der Waals surface area contributed by atoms with Gasteiger partial charge in [0.15, 0.2) is 0 Å². The molecule has 0 aliphatic heterocycles. The number of thioether (sulfide) groups is 1. The fourth-order valence-electron chi connectivity index (χ4n) is 0.228. The monoisotopic (exact) mass is 121 g/mol. The second-order valence-corrected chi connectivity index (χ2v) is 2.46. The van der Waals surface area contributed by atoms with E-state index in [0.717, 1.165) is 5.75 Å². The number of hydrazine groups is 1. The van der Waals surface area contributed by atoms with Crippen LogP contribution in [0.25, 0.3) is 0 Å². The predicted octanol–water partition coefficient (Wildman–Crippen LogP) is -0.555. The van der Waals surface area contributed by atoms with Gasteiger partial charge in [-0.05, 0) is 5.75 Å². The predicted molar refractivity (Wildman–Crippen MR) is 33.4 cm³/mol. The van der Waals surface area contributed by atoms with Crippen LogP contribution in [0.3, 0.4) is 0 Å². The molecule has 44 valence electrons. The molecule has 5 N–H and O–H groups in total. The lowest BCUT2D eigenvalue weighted by Crippen LogP contribution is -2.39. The van der Waals surface area contributed by atoms with Crippen LogP contribution in [-0.4, -0.2) is 11.3 Å². The number of hydrogen-bond acceptors (Lipinski definition) is 4. The standard InChI is InChI=1S/C3H11N3S/c1-2-7-3(4)6-5/h3,6H,2,4-5H2,1H3. The molecule has 0 heterocycles. The summed E-state index contributed by atoms with van der Waals surface area (Å²) in [7, 11) is 0. The number of nitrogens with two attached hydrogens (primary N) is 2. The van der Waals surface area contributed by atoms with Crippen LogP contribution in [0.2, 0.25) is 0 Å². The Labute approximate surface area is 47.8 Å². The molecule has 7 heavy (non-hydrogen) atoms. The third kappa shape index (κ3) is 4.08. The molecule has 0 radical (unpaired) electrons. The first kappa shape index (κ1) is 7.23. The van der Waals surface area contributed by atoms with E-state index in [9.17, 15) is 0 Å². The first-order valence-electron chi connectivity index (χ1n) is 2.14. The van der Waals surface area contributed by atoms with Crippen molar-refractivity contribution in [2.75, 3.05) is 5.75 Å².